The highest BCUT2D eigenvalue weighted by atomic mass is 16.5. The Morgan fingerprint density at radius 2 is 2.12 bits per heavy atom. The van der Waals surface area contributed by atoms with Crippen molar-refractivity contribution >= 4 is 10.9 Å². The number of aromatic amines is 1. The Kier molecular flexibility index (Phi) is 4.51. The largest absolute Gasteiger partial charge is 0.497 e. The highest BCUT2D eigenvalue weighted by molar-refractivity contribution is 5.86. The molecule has 4 rings (SSSR count). The van der Waals surface area contributed by atoms with E-state index in [0.29, 0.717) is 12.1 Å². The second kappa shape index (κ2) is 6.77. The summed E-state index contributed by atoms with van der Waals surface area (Å²) in [6.45, 7) is 2.36. The van der Waals surface area contributed by atoms with Gasteiger partial charge >= 0.3 is 0 Å². The van der Waals surface area contributed by atoms with Crippen LogP contribution in [0, 0.1) is 0 Å². The maximum absolute atomic E-state index is 5.48. The molecule has 0 aliphatic carbocycles. The molecule has 0 spiro atoms. The Morgan fingerprint density at radius 1 is 1.21 bits per heavy atom. The first kappa shape index (κ1) is 16.0. The van der Waals surface area contributed by atoms with Gasteiger partial charge in [-0.15, -0.1) is 0 Å². The van der Waals surface area contributed by atoms with Gasteiger partial charge in [0.05, 0.1) is 7.11 Å². The fourth-order valence-electron chi connectivity index (χ4n) is 4.46. The molecular weight excluding hydrogens is 298 g/mol. The van der Waals surface area contributed by atoms with E-state index < -0.39 is 0 Å². The molecule has 130 valence electrons. The lowest BCUT2D eigenvalue weighted by Crippen LogP contribution is -2.30. The molecule has 0 saturated carbocycles. The van der Waals surface area contributed by atoms with Crippen molar-refractivity contribution in [3.8, 4) is 5.75 Å². The molecule has 1 aromatic heterocycles. The van der Waals surface area contributed by atoms with Gasteiger partial charge in [0.1, 0.15) is 5.75 Å². The summed E-state index contributed by atoms with van der Waals surface area (Å²) >= 11 is 0. The van der Waals surface area contributed by atoms with E-state index in [-0.39, 0.29) is 0 Å². The van der Waals surface area contributed by atoms with Crippen LogP contribution in [0.1, 0.15) is 49.4 Å². The van der Waals surface area contributed by atoms with Crippen molar-refractivity contribution in [2.24, 2.45) is 0 Å². The van der Waals surface area contributed by atoms with Crippen LogP contribution in [0.15, 0.2) is 18.2 Å². The predicted molar refractivity (Wildman–Crippen MR) is 98.8 cm³/mol. The van der Waals surface area contributed by atoms with Gasteiger partial charge in [-0.25, -0.2) is 0 Å². The highest BCUT2D eigenvalue weighted by Crippen LogP contribution is 2.35. The summed E-state index contributed by atoms with van der Waals surface area (Å²) in [5, 5.41) is 5.07. The predicted octanol–water partition coefficient (Wildman–Crippen LogP) is 3.63. The van der Waals surface area contributed by atoms with Crippen LogP contribution in [0.3, 0.4) is 0 Å². The summed E-state index contributed by atoms with van der Waals surface area (Å²) in [5.41, 5.74) is 4.16. The van der Waals surface area contributed by atoms with Crippen molar-refractivity contribution in [2.45, 2.75) is 50.6 Å². The van der Waals surface area contributed by atoms with Crippen LogP contribution in [0.5, 0.6) is 5.75 Å². The van der Waals surface area contributed by atoms with Crippen LogP contribution >= 0.6 is 0 Å². The Bertz CT molecular complexity index is 702. The molecule has 1 unspecified atom stereocenters. The number of fused-ring (bicyclic) bond motifs is 1. The standard InChI is InChI=1S/C20H29N3O/c1-23-11-5-6-14(23)12-17-16-13-15(24-2)8-9-18(16)22-20(17)19-7-3-4-10-21-19/h8-9,13-14,19,21-22H,3-7,10-12H2,1-2H3/t14-,19?/m1/s1. The number of ether oxygens (including phenoxy) is 1. The fraction of sp³-hybridized carbons (Fsp3) is 0.600. The number of nitrogens with zero attached hydrogens (tertiary/aromatic N) is 1. The topological polar surface area (TPSA) is 40.3 Å². The number of hydrogen-bond acceptors (Lipinski definition) is 3. The highest BCUT2D eigenvalue weighted by Gasteiger charge is 2.27. The van der Waals surface area contributed by atoms with E-state index in [2.05, 4.69) is 40.4 Å². The summed E-state index contributed by atoms with van der Waals surface area (Å²) in [4.78, 5) is 6.26. The molecule has 2 saturated heterocycles. The van der Waals surface area contributed by atoms with E-state index in [1.165, 1.54) is 60.8 Å². The lowest BCUT2D eigenvalue weighted by atomic mass is 9.94. The van der Waals surface area contributed by atoms with Gasteiger partial charge in [0.2, 0.25) is 0 Å². The maximum Gasteiger partial charge on any atom is 0.119 e. The van der Waals surface area contributed by atoms with Crippen molar-refractivity contribution in [1.82, 2.24) is 15.2 Å². The summed E-state index contributed by atoms with van der Waals surface area (Å²) in [5.74, 6) is 0.950. The molecule has 3 heterocycles. The van der Waals surface area contributed by atoms with Gasteiger partial charge in [0.15, 0.2) is 0 Å². The number of piperidine rings is 1. The average molecular weight is 327 g/mol. The van der Waals surface area contributed by atoms with Crippen LogP contribution in [-0.2, 0) is 6.42 Å². The van der Waals surface area contributed by atoms with E-state index in [0.717, 1.165) is 18.7 Å². The monoisotopic (exact) mass is 327 g/mol. The molecule has 4 nitrogen and oxygen atoms in total. The smallest absolute Gasteiger partial charge is 0.119 e. The van der Waals surface area contributed by atoms with E-state index >= 15 is 0 Å². The Labute approximate surface area is 144 Å². The zero-order valence-corrected chi connectivity index (χ0v) is 14.9. The van der Waals surface area contributed by atoms with Gasteiger partial charge in [-0.2, -0.15) is 0 Å². The van der Waals surface area contributed by atoms with Gasteiger partial charge in [-0.1, -0.05) is 6.42 Å². The number of nitrogens with one attached hydrogen (secondary N) is 2. The van der Waals surface area contributed by atoms with Gasteiger partial charge in [-0.05, 0) is 76.0 Å². The van der Waals surface area contributed by atoms with E-state index in [4.69, 9.17) is 4.74 Å². The average Bonchev–Trinajstić information content (AvgIpc) is 3.19. The molecule has 2 aliphatic rings. The third-order valence-electron chi connectivity index (χ3n) is 5.92. The number of hydrogen-bond donors (Lipinski definition) is 2. The number of likely N-dealkylation sites (tertiary alicyclic amines) is 1. The van der Waals surface area contributed by atoms with Crippen LogP contribution < -0.4 is 10.1 Å². The molecule has 24 heavy (non-hydrogen) atoms. The lowest BCUT2D eigenvalue weighted by Gasteiger charge is -2.26. The van der Waals surface area contributed by atoms with E-state index in [1.807, 2.05) is 0 Å². The van der Waals surface area contributed by atoms with E-state index in [9.17, 15) is 0 Å². The normalized spacial score (nSPS) is 25.4. The van der Waals surface area contributed by atoms with Gasteiger partial charge < -0.3 is 19.9 Å². The quantitative estimate of drug-likeness (QED) is 0.901. The molecule has 0 amide bonds. The number of likely N-dealkylation sites (N-methyl/N-ethyl adjacent to an activating group) is 1. The number of H-pyrrole nitrogens is 1. The molecule has 2 atom stereocenters. The SMILES string of the molecule is COc1ccc2[nH]c(C3CCCCN3)c(C[C@H]3CCCN3C)c2c1. The molecule has 0 bridgehead atoms. The van der Waals surface area contributed by atoms with Gasteiger partial charge in [-0.3, -0.25) is 0 Å². The van der Waals surface area contributed by atoms with Crippen molar-refractivity contribution in [3.05, 3.63) is 29.5 Å². The van der Waals surface area contributed by atoms with E-state index in [1.54, 1.807) is 7.11 Å². The summed E-state index contributed by atoms with van der Waals surface area (Å²) < 4.78 is 5.48. The third-order valence-corrected chi connectivity index (χ3v) is 5.92. The minimum absolute atomic E-state index is 0.471. The molecule has 2 aliphatic heterocycles. The van der Waals surface area contributed by atoms with Crippen molar-refractivity contribution < 1.29 is 4.74 Å². The second-order valence-electron chi connectivity index (χ2n) is 7.41. The van der Waals surface area contributed by atoms with Crippen molar-refractivity contribution in [1.29, 1.82) is 0 Å². The third kappa shape index (κ3) is 2.93. The van der Waals surface area contributed by atoms with Crippen LogP contribution in [0.25, 0.3) is 10.9 Å². The summed E-state index contributed by atoms with van der Waals surface area (Å²) in [7, 11) is 4.02. The maximum atomic E-state index is 5.48. The van der Waals surface area contributed by atoms with Crippen LogP contribution in [0.2, 0.25) is 0 Å². The number of benzene rings is 1. The first-order valence-corrected chi connectivity index (χ1v) is 9.38. The molecule has 0 radical (unpaired) electrons. The number of aromatic nitrogens is 1. The molecule has 2 aromatic rings. The Balaban J connectivity index is 1.75. The van der Waals surface area contributed by atoms with Gasteiger partial charge in [0, 0.05) is 28.7 Å². The first-order valence-electron chi connectivity index (χ1n) is 9.38. The zero-order valence-electron chi connectivity index (χ0n) is 14.9. The first-order chi connectivity index (χ1) is 11.8. The minimum atomic E-state index is 0.471. The summed E-state index contributed by atoms with van der Waals surface area (Å²) in [6, 6.07) is 7.57. The van der Waals surface area contributed by atoms with Crippen molar-refractivity contribution in [3.63, 3.8) is 0 Å². The van der Waals surface area contributed by atoms with Crippen LogP contribution in [-0.4, -0.2) is 43.2 Å². The molecule has 4 heteroatoms. The minimum Gasteiger partial charge on any atom is -0.497 e. The van der Waals surface area contributed by atoms with Gasteiger partial charge in [0.25, 0.3) is 0 Å². The van der Waals surface area contributed by atoms with Crippen LogP contribution in [0.4, 0.5) is 0 Å². The molecule has 2 N–H and O–H groups in total. The zero-order chi connectivity index (χ0) is 16.5. The lowest BCUT2D eigenvalue weighted by molar-refractivity contribution is 0.308. The number of methoxy groups -OCH3 is 1. The Morgan fingerprint density at radius 3 is 2.83 bits per heavy atom. The second-order valence-corrected chi connectivity index (χ2v) is 7.41. The van der Waals surface area contributed by atoms with Crippen molar-refractivity contribution in [2.75, 3.05) is 27.2 Å². The summed E-state index contributed by atoms with van der Waals surface area (Å²) in [6.07, 6.45) is 7.62. The molecule has 2 fully saturated rings. The Hall–Kier alpha value is -1.52. The molecule has 1 aromatic carbocycles. The molecular formula is C20H29N3O. The fourth-order valence-corrected chi connectivity index (χ4v) is 4.46. The number of rotatable bonds is 4.